The number of benzene rings is 2. The number of aliphatic hydroxyl groups is 1. The van der Waals surface area contributed by atoms with Gasteiger partial charge in [0.2, 0.25) is 0 Å². The minimum absolute atomic E-state index is 0.0916. The van der Waals surface area contributed by atoms with Gasteiger partial charge in [0.25, 0.3) is 0 Å². The van der Waals surface area contributed by atoms with Gasteiger partial charge in [0.05, 0.1) is 52.7 Å². The fraction of sp³-hybridized carbons (Fsp3) is 0.467. The molecule has 0 aliphatic carbocycles. The SMILES string of the molecule is CCOC(=O)C[C@H](O)C[C@@H](OCc1ccc(OC)cc1)[C@@H](/C=C(\C)COC(C)=O)OCc1ccc(OC)cc1. The molecule has 2 rings (SSSR count). The van der Waals surface area contributed by atoms with Crippen LogP contribution >= 0.6 is 0 Å². The van der Waals surface area contributed by atoms with Gasteiger partial charge in [0.1, 0.15) is 24.2 Å². The number of carbonyl (C=O) groups is 2. The van der Waals surface area contributed by atoms with E-state index in [4.69, 9.17) is 28.4 Å². The lowest BCUT2D eigenvalue weighted by molar-refractivity contribution is -0.146. The molecule has 0 radical (unpaired) electrons. The third-order valence-electron chi connectivity index (χ3n) is 5.75. The van der Waals surface area contributed by atoms with Crippen LogP contribution in [0.3, 0.4) is 0 Å². The molecule has 0 saturated carbocycles. The second-order valence-electron chi connectivity index (χ2n) is 9.01. The first-order chi connectivity index (χ1) is 18.7. The molecule has 0 heterocycles. The van der Waals surface area contributed by atoms with Crippen molar-refractivity contribution in [2.75, 3.05) is 27.4 Å². The number of methoxy groups -OCH3 is 2. The van der Waals surface area contributed by atoms with E-state index >= 15 is 0 Å². The van der Waals surface area contributed by atoms with Crippen LogP contribution in [0.15, 0.2) is 60.2 Å². The van der Waals surface area contributed by atoms with Crippen LogP contribution in [-0.4, -0.2) is 62.8 Å². The number of rotatable bonds is 17. The van der Waals surface area contributed by atoms with Gasteiger partial charge in [-0.25, -0.2) is 0 Å². The van der Waals surface area contributed by atoms with E-state index < -0.39 is 30.3 Å². The molecule has 2 aromatic rings. The van der Waals surface area contributed by atoms with E-state index in [9.17, 15) is 14.7 Å². The molecule has 0 bridgehead atoms. The Kier molecular flexibility index (Phi) is 14.1. The summed E-state index contributed by atoms with van der Waals surface area (Å²) < 4.78 is 33.2. The number of hydrogen-bond donors (Lipinski definition) is 1. The standard InChI is InChI=1S/C30H40O9/c1-6-36-30(33)17-25(32)16-29(39-20-24-9-13-27(35-5)14-10-24)28(15-21(2)18-37-22(3)31)38-19-23-7-11-26(34-4)12-8-23/h7-15,25,28-29,32H,6,16-20H2,1-5H3/b21-15+/t25-,28-,29-/m1/s1. The fourth-order valence-corrected chi connectivity index (χ4v) is 3.71. The highest BCUT2D eigenvalue weighted by Gasteiger charge is 2.27. The molecule has 0 aliphatic rings. The minimum atomic E-state index is -1.01. The van der Waals surface area contributed by atoms with Crippen LogP contribution in [0.25, 0.3) is 0 Å². The van der Waals surface area contributed by atoms with Crippen LogP contribution < -0.4 is 9.47 Å². The molecule has 0 unspecified atom stereocenters. The first-order valence-electron chi connectivity index (χ1n) is 12.9. The zero-order chi connectivity index (χ0) is 28.6. The van der Waals surface area contributed by atoms with Crippen molar-refractivity contribution in [1.82, 2.24) is 0 Å². The van der Waals surface area contributed by atoms with Gasteiger partial charge in [-0.1, -0.05) is 30.3 Å². The number of carbonyl (C=O) groups excluding carboxylic acids is 2. The molecule has 2 aromatic carbocycles. The maximum Gasteiger partial charge on any atom is 0.308 e. The Balaban J connectivity index is 2.28. The van der Waals surface area contributed by atoms with Crippen molar-refractivity contribution in [1.29, 1.82) is 0 Å². The monoisotopic (exact) mass is 544 g/mol. The Labute approximate surface area is 230 Å². The van der Waals surface area contributed by atoms with Crippen LogP contribution in [0.4, 0.5) is 0 Å². The number of hydrogen-bond acceptors (Lipinski definition) is 9. The molecule has 1 N–H and O–H groups in total. The molecule has 39 heavy (non-hydrogen) atoms. The predicted octanol–water partition coefficient (Wildman–Crippen LogP) is 4.39. The van der Waals surface area contributed by atoms with Gasteiger partial charge < -0.3 is 33.5 Å². The maximum atomic E-state index is 12.0. The number of aliphatic hydroxyl groups excluding tert-OH is 1. The highest BCUT2D eigenvalue weighted by molar-refractivity contribution is 5.69. The molecule has 0 amide bonds. The van der Waals surface area contributed by atoms with Crippen LogP contribution in [0.1, 0.15) is 44.7 Å². The van der Waals surface area contributed by atoms with Crippen molar-refractivity contribution >= 4 is 11.9 Å². The second-order valence-corrected chi connectivity index (χ2v) is 9.01. The molecule has 214 valence electrons. The first-order valence-corrected chi connectivity index (χ1v) is 12.9. The Morgan fingerprint density at radius 1 is 0.846 bits per heavy atom. The summed E-state index contributed by atoms with van der Waals surface area (Å²) >= 11 is 0. The first kappa shape index (κ1) is 31.8. The zero-order valence-electron chi connectivity index (χ0n) is 23.4. The van der Waals surface area contributed by atoms with Crippen LogP contribution in [0.2, 0.25) is 0 Å². The van der Waals surface area contributed by atoms with E-state index in [-0.39, 0.29) is 39.3 Å². The predicted molar refractivity (Wildman–Crippen MR) is 145 cm³/mol. The van der Waals surface area contributed by atoms with E-state index in [1.54, 1.807) is 21.1 Å². The van der Waals surface area contributed by atoms with Crippen LogP contribution in [-0.2, 0) is 41.8 Å². The van der Waals surface area contributed by atoms with Gasteiger partial charge >= 0.3 is 11.9 Å². The van der Waals surface area contributed by atoms with Gasteiger partial charge in [0.15, 0.2) is 0 Å². The molecule has 0 aromatic heterocycles. The molecule has 9 heteroatoms. The lowest BCUT2D eigenvalue weighted by Gasteiger charge is -2.28. The van der Waals surface area contributed by atoms with Gasteiger partial charge in [-0.2, -0.15) is 0 Å². The van der Waals surface area contributed by atoms with E-state index in [1.807, 2.05) is 61.5 Å². The van der Waals surface area contributed by atoms with E-state index in [1.165, 1.54) is 6.92 Å². The Morgan fingerprint density at radius 2 is 1.38 bits per heavy atom. The highest BCUT2D eigenvalue weighted by atomic mass is 16.5. The van der Waals surface area contributed by atoms with E-state index in [2.05, 4.69) is 0 Å². The molecular formula is C30H40O9. The van der Waals surface area contributed by atoms with Gasteiger partial charge in [0, 0.05) is 13.3 Å². The Hall–Kier alpha value is -3.40. The number of esters is 2. The summed E-state index contributed by atoms with van der Waals surface area (Å²) in [5.41, 5.74) is 2.56. The Morgan fingerprint density at radius 3 is 1.87 bits per heavy atom. The summed E-state index contributed by atoms with van der Waals surface area (Å²) in [7, 11) is 3.20. The molecular weight excluding hydrogens is 504 g/mol. The second kappa shape index (κ2) is 17.2. The quantitative estimate of drug-likeness (QED) is 0.229. The van der Waals surface area contributed by atoms with Crippen molar-refractivity contribution < 1.29 is 43.1 Å². The molecule has 9 nitrogen and oxygen atoms in total. The lowest BCUT2D eigenvalue weighted by atomic mass is 10.0. The van der Waals surface area contributed by atoms with Crippen molar-refractivity contribution in [2.24, 2.45) is 0 Å². The number of ether oxygens (including phenoxy) is 6. The van der Waals surface area contributed by atoms with Crippen LogP contribution in [0.5, 0.6) is 11.5 Å². The molecule has 0 spiro atoms. The fourth-order valence-electron chi connectivity index (χ4n) is 3.71. The molecule has 3 atom stereocenters. The van der Waals surface area contributed by atoms with E-state index in [0.717, 1.165) is 28.2 Å². The molecule has 0 aliphatic heterocycles. The van der Waals surface area contributed by atoms with E-state index in [0.29, 0.717) is 0 Å². The lowest BCUT2D eigenvalue weighted by Crippen LogP contribution is -2.35. The highest BCUT2D eigenvalue weighted by Crippen LogP contribution is 2.21. The summed E-state index contributed by atoms with van der Waals surface area (Å²) in [6.07, 6.45) is -0.515. The third kappa shape index (κ3) is 12.3. The summed E-state index contributed by atoms with van der Waals surface area (Å²) in [6.45, 7) is 5.69. The van der Waals surface area contributed by atoms with Gasteiger partial charge in [-0.05, 0) is 54.8 Å². The van der Waals surface area contributed by atoms with Crippen molar-refractivity contribution in [3.05, 3.63) is 71.3 Å². The summed E-state index contributed by atoms with van der Waals surface area (Å²) in [5, 5.41) is 10.7. The van der Waals surface area contributed by atoms with Gasteiger partial charge in [-0.15, -0.1) is 0 Å². The molecule has 0 fully saturated rings. The summed E-state index contributed by atoms with van der Waals surface area (Å²) in [6, 6.07) is 14.9. The molecule has 0 saturated heterocycles. The van der Waals surface area contributed by atoms with Gasteiger partial charge in [-0.3, -0.25) is 9.59 Å². The van der Waals surface area contributed by atoms with Crippen molar-refractivity contribution in [2.45, 2.75) is 65.1 Å². The minimum Gasteiger partial charge on any atom is -0.497 e. The third-order valence-corrected chi connectivity index (χ3v) is 5.75. The topological polar surface area (TPSA) is 110 Å². The smallest absolute Gasteiger partial charge is 0.308 e. The van der Waals surface area contributed by atoms with Crippen LogP contribution in [0, 0.1) is 0 Å². The van der Waals surface area contributed by atoms with Crippen molar-refractivity contribution in [3.8, 4) is 11.5 Å². The normalized spacial score (nSPS) is 13.7. The Bertz CT molecular complexity index is 1030. The summed E-state index contributed by atoms with van der Waals surface area (Å²) in [5.74, 6) is 0.576. The summed E-state index contributed by atoms with van der Waals surface area (Å²) in [4.78, 5) is 23.3. The zero-order valence-corrected chi connectivity index (χ0v) is 23.4. The average Bonchev–Trinajstić information content (AvgIpc) is 2.92. The average molecular weight is 545 g/mol. The van der Waals surface area contributed by atoms with Crippen molar-refractivity contribution in [3.63, 3.8) is 0 Å². The largest absolute Gasteiger partial charge is 0.497 e. The maximum absolute atomic E-state index is 12.0.